The standard InChI is InChI=1S/C17H23F3N2O3S/c1-12(9-13-5-7-22(8-6-13)11-16(21)23)26(24,25)15-4-2-3-14(10-15)17(18,19)20/h2-4,10,12-13H,5-9,11H2,1H3,(H2,21,23). The normalized spacial score (nSPS) is 18.6. The Labute approximate surface area is 151 Å². The fraction of sp³-hybridized carbons (Fsp3) is 0.588. The summed E-state index contributed by atoms with van der Waals surface area (Å²) in [6.45, 7) is 3.03. The van der Waals surface area contributed by atoms with Crippen LogP contribution in [0.5, 0.6) is 0 Å². The van der Waals surface area contributed by atoms with Gasteiger partial charge in [-0.25, -0.2) is 8.42 Å². The highest BCUT2D eigenvalue weighted by atomic mass is 32.2. The maximum Gasteiger partial charge on any atom is 0.416 e. The molecule has 1 unspecified atom stereocenters. The minimum Gasteiger partial charge on any atom is -0.369 e. The topological polar surface area (TPSA) is 80.5 Å². The fourth-order valence-electron chi connectivity index (χ4n) is 3.28. The molecule has 1 fully saturated rings. The molecule has 0 aliphatic carbocycles. The molecule has 0 spiro atoms. The number of primary amides is 1. The van der Waals surface area contributed by atoms with Crippen LogP contribution in [0.15, 0.2) is 29.2 Å². The third kappa shape index (κ3) is 5.20. The van der Waals surface area contributed by atoms with Crippen molar-refractivity contribution in [2.45, 2.75) is 42.5 Å². The summed E-state index contributed by atoms with van der Waals surface area (Å²) < 4.78 is 63.8. The molecule has 1 atom stereocenters. The van der Waals surface area contributed by atoms with E-state index in [4.69, 9.17) is 5.73 Å². The predicted octanol–water partition coefficient (Wildman–Crippen LogP) is 2.46. The number of nitrogens with two attached hydrogens (primary N) is 1. The van der Waals surface area contributed by atoms with Crippen molar-refractivity contribution in [1.29, 1.82) is 0 Å². The quantitative estimate of drug-likeness (QED) is 0.806. The van der Waals surface area contributed by atoms with Gasteiger partial charge < -0.3 is 5.73 Å². The van der Waals surface area contributed by atoms with Crippen molar-refractivity contribution >= 4 is 15.7 Å². The summed E-state index contributed by atoms with van der Waals surface area (Å²) in [7, 11) is -3.84. The summed E-state index contributed by atoms with van der Waals surface area (Å²) in [6, 6.07) is 3.88. The Morgan fingerprint density at radius 1 is 1.31 bits per heavy atom. The van der Waals surface area contributed by atoms with Gasteiger partial charge in [-0.3, -0.25) is 9.69 Å². The molecule has 146 valence electrons. The molecule has 1 aromatic rings. The van der Waals surface area contributed by atoms with Crippen LogP contribution >= 0.6 is 0 Å². The van der Waals surface area contributed by atoms with Crippen molar-refractivity contribution in [3.05, 3.63) is 29.8 Å². The summed E-state index contributed by atoms with van der Waals surface area (Å²) in [5.41, 5.74) is 4.20. The van der Waals surface area contributed by atoms with Crippen molar-refractivity contribution in [1.82, 2.24) is 4.90 Å². The number of carbonyl (C=O) groups is 1. The number of carbonyl (C=O) groups excluding carboxylic acids is 1. The molecular weight excluding hydrogens is 369 g/mol. The molecule has 2 N–H and O–H groups in total. The SMILES string of the molecule is CC(CC1CCN(CC(N)=O)CC1)S(=O)(=O)c1cccc(C(F)(F)F)c1. The first-order valence-electron chi connectivity index (χ1n) is 8.42. The van der Waals surface area contributed by atoms with E-state index in [9.17, 15) is 26.4 Å². The van der Waals surface area contributed by atoms with Gasteiger partial charge in [-0.05, 0) is 63.4 Å². The van der Waals surface area contributed by atoms with Crippen molar-refractivity contribution in [2.24, 2.45) is 11.7 Å². The Morgan fingerprint density at radius 3 is 2.46 bits per heavy atom. The zero-order valence-corrected chi connectivity index (χ0v) is 15.3. The van der Waals surface area contributed by atoms with Crippen molar-refractivity contribution < 1.29 is 26.4 Å². The van der Waals surface area contributed by atoms with Crippen molar-refractivity contribution in [2.75, 3.05) is 19.6 Å². The zero-order valence-electron chi connectivity index (χ0n) is 14.5. The van der Waals surface area contributed by atoms with Crippen molar-refractivity contribution in [3.8, 4) is 0 Å². The van der Waals surface area contributed by atoms with Crippen LogP contribution in [-0.2, 0) is 20.8 Å². The van der Waals surface area contributed by atoms with Crippen LogP contribution in [0.4, 0.5) is 13.2 Å². The Bertz CT molecular complexity index is 742. The van der Waals surface area contributed by atoms with Gasteiger partial charge in [-0.2, -0.15) is 13.2 Å². The summed E-state index contributed by atoms with van der Waals surface area (Å²) in [5, 5.41) is -0.779. The Balaban J connectivity index is 2.03. The van der Waals surface area contributed by atoms with Crippen LogP contribution in [0.25, 0.3) is 0 Å². The molecule has 26 heavy (non-hydrogen) atoms. The number of nitrogens with zero attached hydrogens (tertiary/aromatic N) is 1. The number of hydrogen-bond donors (Lipinski definition) is 1. The predicted molar refractivity (Wildman–Crippen MR) is 91.1 cm³/mol. The molecule has 1 aliphatic rings. The monoisotopic (exact) mass is 392 g/mol. The number of sulfone groups is 1. The number of alkyl halides is 3. The number of hydrogen-bond acceptors (Lipinski definition) is 4. The number of benzene rings is 1. The van der Waals surface area contributed by atoms with Crippen LogP contribution in [0, 0.1) is 5.92 Å². The van der Waals surface area contributed by atoms with Crippen LogP contribution in [0.1, 0.15) is 31.7 Å². The number of amides is 1. The molecule has 1 aliphatic heterocycles. The molecule has 2 rings (SSSR count). The minimum absolute atomic E-state index is 0.148. The number of likely N-dealkylation sites (tertiary alicyclic amines) is 1. The summed E-state index contributed by atoms with van der Waals surface area (Å²) in [5.74, 6) is -0.251. The fourth-order valence-corrected chi connectivity index (χ4v) is 4.83. The van der Waals surface area contributed by atoms with E-state index in [0.29, 0.717) is 25.6 Å². The maximum absolute atomic E-state index is 12.8. The van der Waals surface area contributed by atoms with Gasteiger partial charge in [0.05, 0.1) is 22.3 Å². The minimum atomic E-state index is -4.58. The Hall–Kier alpha value is -1.61. The molecule has 0 bridgehead atoms. The molecular formula is C17H23F3N2O3S. The molecule has 0 radical (unpaired) electrons. The third-order valence-electron chi connectivity index (χ3n) is 4.77. The van der Waals surface area contributed by atoms with Gasteiger partial charge in [0.2, 0.25) is 5.91 Å². The summed E-state index contributed by atoms with van der Waals surface area (Å²) in [6.07, 6.45) is -2.74. The van der Waals surface area contributed by atoms with E-state index in [1.165, 1.54) is 13.0 Å². The number of halogens is 3. The van der Waals surface area contributed by atoms with E-state index in [1.807, 2.05) is 4.90 Å². The first kappa shape index (κ1) is 20.7. The first-order valence-corrected chi connectivity index (χ1v) is 9.96. The average Bonchev–Trinajstić information content (AvgIpc) is 2.55. The second-order valence-electron chi connectivity index (χ2n) is 6.80. The average molecular weight is 392 g/mol. The van der Waals surface area contributed by atoms with Gasteiger partial charge in [0.1, 0.15) is 0 Å². The summed E-state index contributed by atoms with van der Waals surface area (Å²) in [4.78, 5) is 12.6. The molecule has 1 amide bonds. The van der Waals surface area contributed by atoms with E-state index in [-0.39, 0.29) is 17.4 Å². The highest BCUT2D eigenvalue weighted by Crippen LogP contribution is 2.32. The molecule has 0 aromatic heterocycles. The molecule has 5 nitrogen and oxygen atoms in total. The lowest BCUT2D eigenvalue weighted by Crippen LogP contribution is -2.40. The van der Waals surface area contributed by atoms with E-state index in [0.717, 1.165) is 25.0 Å². The van der Waals surface area contributed by atoms with E-state index >= 15 is 0 Å². The lowest BCUT2D eigenvalue weighted by atomic mass is 9.92. The molecule has 0 saturated carbocycles. The van der Waals surface area contributed by atoms with Crippen LogP contribution in [-0.4, -0.2) is 44.1 Å². The maximum atomic E-state index is 12.8. The number of rotatable bonds is 6. The van der Waals surface area contributed by atoms with E-state index in [1.54, 1.807) is 0 Å². The van der Waals surface area contributed by atoms with Gasteiger partial charge in [-0.1, -0.05) is 6.07 Å². The van der Waals surface area contributed by atoms with Gasteiger partial charge in [-0.15, -0.1) is 0 Å². The Morgan fingerprint density at radius 2 is 1.92 bits per heavy atom. The van der Waals surface area contributed by atoms with Gasteiger partial charge in [0, 0.05) is 0 Å². The lowest BCUT2D eigenvalue weighted by Gasteiger charge is -2.32. The van der Waals surface area contributed by atoms with Gasteiger partial charge in [0.25, 0.3) is 0 Å². The highest BCUT2D eigenvalue weighted by molar-refractivity contribution is 7.92. The number of piperidine rings is 1. The van der Waals surface area contributed by atoms with E-state index < -0.39 is 32.7 Å². The van der Waals surface area contributed by atoms with Crippen molar-refractivity contribution in [3.63, 3.8) is 0 Å². The lowest BCUT2D eigenvalue weighted by molar-refractivity contribution is -0.137. The first-order chi connectivity index (χ1) is 12.0. The largest absolute Gasteiger partial charge is 0.416 e. The van der Waals surface area contributed by atoms with Crippen LogP contribution < -0.4 is 5.73 Å². The van der Waals surface area contributed by atoms with Gasteiger partial charge in [0.15, 0.2) is 9.84 Å². The Kier molecular flexibility index (Phi) is 6.33. The van der Waals surface area contributed by atoms with Gasteiger partial charge >= 0.3 is 6.18 Å². The van der Waals surface area contributed by atoms with Crippen LogP contribution in [0.3, 0.4) is 0 Å². The molecule has 1 aromatic carbocycles. The second-order valence-corrected chi connectivity index (χ2v) is 9.17. The smallest absolute Gasteiger partial charge is 0.369 e. The van der Waals surface area contributed by atoms with Crippen LogP contribution in [0.2, 0.25) is 0 Å². The second kappa shape index (κ2) is 7.96. The highest BCUT2D eigenvalue weighted by Gasteiger charge is 2.33. The zero-order chi connectivity index (χ0) is 19.5. The molecule has 1 saturated heterocycles. The molecule has 1 heterocycles. The summed E-state index contributed by atoms with van der Waals surface area (Å²) >= 11 is 0. The third-order valence-corrected chi connectivity index (χ3v) is 6.93. The molecule has 9 heteroatoms. The van der Waals surface area contributed by atoms with E-state index in [2.05, 4.69) is 0 Å².